The third kappa shape index (κ3) is 3.42. The lowest BCUT2D eigenvalue weighted by Gasteiger charge is -2.11. The summed E-state index contributed by atoms with van der Waals surface area (Å²) in [5.41, 5.74) is -0.890. The van der Waals surface area contributed by atoms with E-state index in [1.165, 1.54) is 25.1 Å². The fourth-order valence-corrected chi connectivity index (χ4v) is 2.01. The second-order valence-corrected chi connectivity index (χ2v) is 4.44. The molecule has 0 aliphatic carbocycles. The molecule has 2 rings (SSSR count). The van der Waals surface area contributed by atoms with Crippen molar-refractivity contribution in [3.8, 4) is 11.3 Å². The predicted molar refractivity (Wildman–Crippen MR) is 67.6 cm³/mol. The number of nitrogens with zero attached hydrogens (tertiary/aromatic N) is 1. The summed E-state index contributed by atoms with van der Waals surface area (Å²) in [6, 6.07) is 5.01. The summed E-state index contributed by atoms with van der Waals surface area (Å²) in [4.78, 5) is 14.6. The van der Waals surface area contributed by atoms with Crippen LogP contribution in [0.3, 0.4) is 0 Å². The topological polar surface area (TPSA) is 63.3 Å². The largest absolute Gasteiger partial charge is 0.481 e. The summed E-state index contributed by atoms with van der Waals surface area (Å²) >= 11 is 0. The molecule has 0 aliphatic rings. The van der Waals surface area contributed by atoms with Gasteiger partial charge in [0.15, 0.2) is 5.89 Å². The molecule has 1 N–H and O–H groups in total. The van der Waals surface area contributed by atoms with Gasteiger partial charge in [0.25, 0.3) is 0 Å². The van der Waals surface area contributed by atoms with Crippen LogP contribution >= 0.6 is 0 Å². The lowest BCUT2D eigenvalue weighted by atomic mass is 10.0. The lowest BCUT2D eigenvalue weighted by molar-refractivity contribution is -0.138. The molecule has 21 heavy (non-hydrogen) atoms. The first-order valence-corrected chi connectivity index (χ1v) is 6.13. The number of hydrogen-bond donors (Lipinski definition) is 1. The predicted octanol–water partition coefficient (Wildman–Crippen LogP) is 3.69. The van der Waals surface area contributed by atoms with Gasteiger partial charge in [-0.1, -0.05) is 18.2 Å². The monoisotopic (exact) mass is 299 g/mol. The van der Waals surface area contributed by atoms with E-state index in [4.69, 9.17) is 9.52 Å². The highest BCUT2D eigenvalue weighted by molar-refractivity contribution is 5.69. The van der Waals surface area contributed by atoms with E-state index in [1.54, 1.807) is 0 Å². The molecule has 1 aromatic carbocycles. The number of carboxylic acids is 1. The Morgan fingerprint density at radius 2 is 2.00 bits per heavy atom. The Labute approximate surface area is 118 Å². The second-order valence-electron chi connectivity index (χ2n) is 4.44. The molecule has 7 heteroatoms. The molecule has 4 nitrogen and oxygen atoms in total. The molecule has 0 saturated carbocycles. The van der Waals surface area contributed by atoms with Crippen LogP contribution in [0.1, 0.15) is 23.6 Å². The number of rotatable bonds is 4. The molecule has 0 aliphatic heterocycles. The molecule has 0 saturated heterocycles. The highest BCUT2D eigenvalue weighted by Gasteiger charge is 2.34. The summed E-state index contributed by atoms with van der Waals surface area (Å²) in [5, 5.41) is 8.68. The molecule has 0 bridgehead atoms. The molecule has 0 unspecified atom stereocenters. The first-order valence-electron chi connectivity index (χ1n) is 6.13. The minimum absolute atomic E-state index is 0.0162. The van der Waals surface area contributed by atoms with Crippen molar-refractivity contribution in [2.45, 2.75) is 25.9 Å². The Hall–Kier alpha value is -2.31. The second kappa shape index (κ2) is 5.59. The molecule has 1 heterocycles. The van der Waals surface area contributed by atoms with E-state index in [1.807, 2.05) is 0 Å². The summed E-state index contributed by atoms with van der Waals surface area (Å²) in [6.45, 7) is 1.50. The van der Waals surface area contributed by atoms with Crippen molar-refractivity contribution < 1.29 is 27.5 Å². The average Bonchev–Trinajstić information content (AvgIpc) is 2.76. The minimum atomic E-state index is -4.52. The Morgan fingerprint density at radius 1 is 1.33 bits per heavy atom. The Morgan fingerprint density at radius 3 is 2.62 bits per heavy atom. The number of carbonyl (C=O) groups is 1. The van der Waals surface area contributed by atoms with E-state index in [0.717, 1.165) is 6.07 Å². The van der Waals surface area contributed by atoms with E-state index < -0.39 is 17.7 Å². The van der Waals surface area contributed by atoms with Crippen LogP contribution in [0.2, 0.25) is 0 Å². The zero-order chi connectivity index (χ0) is 15.6. The van der Waals surface area contributed by atoms with Gasteiger partial charge in [-0.2, -0.15) is 13.2 Å². The van der Waals surface area contributed by atoms with Gasteiger partial charge >= 0.3 is 12.1 Å². The number of alkyl halides is 3. The number of halogens is 3. The van der Waals surface area contributed by atoms with Crippen LogP contribution in [0.4, 0.5) is 13.2 Å². The molecular weight excluding hydrogens is 287 g/mol. The Bertz CT molecular complexity index is 662. The zero-order valence-electron chi connectivity index (χ0n) is 11.1. The fraction of sp³-hybridized carbons (Fsp3) is 0.286. The van der Waals surface area contributed by atoms with Crippen molar-refractivity contribution in [1.82, 2.24) is 4.98 Å². The smallest absolute Gasteiger partial charge is 0.417 e. The number of aliphatic carboxylic acids is 1. The van der Waals surface area contributed by atoms with Gasteiger partial charge in [-0.15, -0.1) is 0 Å². The Kier molecular flexibility index (Phi) is 4.02. The summed E-state index contributed by atoms with van der Waals surface area (Å²) in [6.07, 6.45) is -4.78. The van der Waals surface area contributed by atoms with Crippen molar-refractivity contribution in [3.63, 3.8) is 0 Å². The average molecular weight is 299 g/mol. The first-order chi connectivity index (χ1) is 9.79. The molecular formula is C14H12F3NO3. The van der Waals surface area contributed by atoms with E-state index in [9.17, 15) is 18.0 Å². The zero-order valence-corrected chi connectivity index (χ0v) is 11.1. The molecule has 0 amide bonds. The van der Waals surface area contributed by atoms with E-state index in [2.05, 4.69) is 4.98 Å². The van der Waals surface area contributed by atoms with E-state index in [0.29, 0.717) is 0 Å². The van der Waals surface area contributed by atoms with Gasteiger partial charge in [0.1, 0.15) is 11.5 Å². The van der Waals surface area contributed by atoms with Crippen LogP contribution < -0.4 is 0 Å². The minimum Gasteiger partial charge on any atom is -0.481 e. The van der Waals surface area contributed by atoms with Crippen molar-refractivity contribution in [2.24, 2.45) is 0 Å². The van der Waals surface area contributed by atoms with Crippen molar-refractivity contribution >= 4 is 5.97 Å². The number of aromatic nitrogens is 1. The van der Waals surface area contributed by atoms with Gasteiger partial charge in [-0.3, -0.25) is 4.79 Å². The molecule has 0 radical (unpaired) electrons. The van der Waals surface area contributed by atoms with Crippen LogP contribution in [0.25, 0.3) is 11.3 Å². The van der Waals surface area contributed by atoms with Gasteiger partial charge in [0, 0.05) is 18.9 Å². The fourth-order valence-electron chi connectivity index (χ4n) is 2.01. The maximum absolute atomic E-state index is 13.0. The van der Waals surface area contributed by atoms with Gasteiger partial charge in [0.2, 0.25) is 0 Å². The van der Waals surface area contributed by atoms with Crippen LogP contribution in [-0.2, 0) is 17.4 Å². The molecule has 0 fully saturated rings. The maximum Gasteiger partial charge on any atom is 0.417 e. The first kappa shape index (κ1) is 15.1. The maximum atomic E-state index is 13.0. The third-order valence-electron chi connectivity index (χ3n) is 2.86. The quantitative estimate of drug-likeness (QED) is 0.935. The Balaban J connectivity index is 2.50. The highest BCUT2D eigenvalue weighted by Crippen LogP contribution is 2.38. The van der Waals surface area contributed by atoms with Gasteiger partial charge in [0.05, 0.1) is 12.0 Å². The van der Waals surface area contributed by atoms with Crippen molar-refractivity contribution in [2.75, 3.05) is 0 Å². The van der Waals surface area contributed by atoms with Crippen molar-refractivity contribution in [1.29, 1.82) is 0 Å². The molecule has 0 spiro atoms. The molecule has 1 aromatic heterocycles. The standard InChI is InChI=1S/C14H12F3NO3/c1-8-18-13(11(21-8)6-7-12(19)20)9-4-2-3-5-10(9)14(15,16)17/h2-5H,6-7H2,1H3,(H,19,20). The number of oxazole rings is 1. The summed E-state index contributed by atoms with van der Waals surface area (Å²) in [7, 11) is 0. The van der Waals surface area contributed by atoms with Crippen LogP contribution in [0.15, 0.2) is 28.7 Å². The highest BCUT2D eigenvalue weighted by atomic mass is 19.4. The SMILES string of the molecule is Cc1nc(-c2ccccc2C(F)(F)F)c(CCC(=O)O)o1. The summed E-state index contributed by atoms with van der Waals surface area (Å²) in [5.74, 6) is -0.715. The van der Waals surface area contributed by atoms with Crippen LogP contribution in [0.5, 0.6) is 0 Å². The van der Waals surface area contributed by atoms with Crippen LogP contribution in [-0.4, -0.2) is 16.1 Å². The molecule has 2 aromatic rings. The van der Waals surface area contributed by atoms with Gasteiger partial charge in [-0.05, 0) is 6.07 Å². The van der Waals surface area contributed by atoms with E-state index in [-0.39, 0.29) is 35.7 Å². The normalized spacial score (nSPS) is 11.6. The molecule has 0 atom stereocenters. The molecule has 112 valence electrons. The van der Waals surface area contributed by atoms with Crippen molar-refractivity contribution in [3.05, 3.63) is 41.5 Å². The van der Waals surface area contributed by atoms with E-state index >= 15 is 0 Å². The van der Waals surface area contributed by atoms with Gasteiger partial charge < -0.3 is 9.52 Å². The van der Waals surface area contributed by atoms with Crippen LogP contribution in [0, 0.1) is 6.92 Å². The van der Waals surface area contributed by atoms with Gasteiger partial charge in [-0.25, -0.2) is 4.98 Å². The number of carboxylic acid groups (broad SMARTS) is 1. The number of hydrogen-bond acceptors (Lipinski definition) is 3. The number of aryl methyl sites for hydroxylation is 2. The lowest BCUT2D eigenvalue weighted by Crippen LogP contribution is -2.07. The summed E-state index contributed by atoms with van der Waals surface area (Å²) < 4.78 is 44.3. The number of benzene rings is 1. The third-order valence-corrected chi connectivity index (χ3v) is 2.86.